The van der Waals surface area contributed by atoms with Gasteiger partial charge in [-0.05, 0) is 19.1 Å². The van der Waals surface area contributed by atoms with Crippen LogP contribution < -0.4 is 0 Å². The van der Waals surface area contributed by atoms with Gasteiger partial charge in [-0.3, -0.25) is 0 Å². The summed E-state index contributed by atoms with van der Waals surface area (Å²) in [6, 6.07) is 7.55. The highest BCUT2D eigenvalue weighted by Crippen LogP contribution is 2.11. The van der Waals surface area contributed by atoms with Crippen LogP contribution in [0.25, 0.3) is 0 Å². The molecule has 1 aromatic carbocycles. The van der Waals surface area contributed by atoms with Crippen LogP contribution in [-0.4, -0.2) is 27.6 Å². The van der Waals surface area contributed by atoms with Crippen LogP contribution >= 0.6 is 0 Å². The summed E-state index contributed by atoms with van der Waals surface area (Å²) in [5.41, 5.74) is 0.248. The summed E-state index contributed by atoms with van der Waals surface area (Å²) in [4.78, 5) is 15.5. The molecule has 0 amide bonds. The maximum atomic E-state index is 11.6. The van der Waals surface area contributed by atoms with E-state index in [4.69, 9.17) is 0 Å². The molecule has 6 nitrogen and oxygen atoms in total. The predicted molar refractivity (Wildman–Crippen MR) is 66.4 cm³/mol. The van der Waals surface area contributed by atoms with E-state index in [1.54, 1.807) is 18.2 Å². The van der Waals surface area contributed by atoms with E-state index in [0.717, 1.165) is 0 Å². The Kier molecular flexibility index (Phi) is 5.68. The molecule has 0 aliphatic carbocycles. The highest BCUT2D eigenvalue weighted by atomic mass is 32.2. The molecule has 0 saturated carbocycles. The molecule has 1 rings (SSSR count). The van der Waals surface area contributed by atoms with Gasteiger partial charge in [0.1, 0.15) is 13.2 Å². The molecule has 0 aliphatic heterocycles. The number of ether oxygens (including phenoxy) is 1. The number of carbonyl (C=O) groups is 1. The van der Waals surface area contributed by atoms with Crippen molar-refractivity contribution in [3.63, 3.8) is 0 Å². The van der Waals surface area contributed by atoms with Gasteiger partial charge in [-0.15, -0.1) is 4.33 Å². The number of carbonyl (C=O) groups excluding carboxylic acids is 1. The fraction of sp³-hybridized carbons (Fsp3) is 0.250. The van der Waals surface area contributed by atoms with E-state index in [-0.39, 0.29) is 23.7 Å². The Labute approximate surface area is 111 Å². The lowest BCUT2D eigenvalue weighted by Gasteiger charge is -2.05. The van der Waals surface area contributed by atoms with Gasteiger partial charge >= 0.3 is 16.1 Å². The Morgan fingerprint density at radius 1 is 1.21 bits per heavy atom. The first-order valence-corrected chi connectivity index (χ1v) is 6.78. The Bertz CT molecular complexity index is 535. The van der Waals surface area contributed by atoms with Crippen LogP contribution in [0.15, 0.2) is 47.4 Å². The molecular weight excluding hydrogens is 272 g/mol. The fourth-order valence-corrected chi connectivity index (χ4v) is 1.78. The first-order chi connectivity index (χ1) is 8.93. The van der Waals surface area contributed by atoms with Crippen LogP contribution in [0.3, 0.4) is 0 Å². The summed E-state index contributed by atoms with van der Waals surface area (Å²) in [6.07, 6.45) is 0. The molecule has 0 spiro atoms. The minimum absolute atomic E-state index is 0.0195. The number of hydrogen-bond acceptors (Lipinski definition) is 6. The number of rotatable bonds is 7. The quantitative estimate of drug-likeness (QED) is 0.248. The smallest absolute Gasteiger partial charge is 0.333 e. The van der Waals surface area contributed by atoms with E-state index >= 15 is 0 Å². The molecule has 0 N–H and O–H groups in total. The summed E-state index contributed by atoms with van der Waals surface area (Å²) < 4.78 is 32.1. The lowest BCUT2D eigenvalue weighted by atomic mass is 10.4. The highest BCUT2D eigenvalue weighted by Gasteiger charge is 2.15. The normalized spacial score (nSPS) is 11.0. The second-order valence-electron chi connectivity index (χ2n) is 3.57. The van der Waals surface area contributed by atoms with Gasteiger partial charge in [-0.1, -0.05) is 24.8 Å². The maximum Gasteiger partial charge on any atom is 0.333 e. The summed E-state index contributed by atoms with van der Waals surface area (Å²) in [6.45, 7) is 4.56. The van der Waals surface area contributed by atoms with E-state index in [9.17, 15) is 13.2 Å². The largest absolute Gasteiger partial charge is 0.460 e. The van der Waals surface area contributed by atoms with Gasteiger partial charge in [0.2, 0.25) is 0 Å². The third-order valence-electron chi connectivity index (χ3n) is 1.92. The molecule has 0 bridgehead atoms. The first-order valence-electron chi connectivity index (χ1n) is 5.37. The molecule has 0 fully saturated rings. The van der Waals surface area contributed by atoms with Crippen LogP contribution in [0, 0.1) is 0 Å². The zero-order valence-electron chi connectivity index (χ0n) is 10.4. The van der Waals surface area contributed by atoms with Crippen LogP contribution in [0.2, 0.25) is 0 Å². The van der Waals surface area contributed by atoms with Crippen molar-refractivity contribution >= 4 is 16.1 Å². The maximum absolute atomic E-state index is 11.6. The molecule has 0 aromatic heterocycles. The van der Waals surface area contributed by atoms with Gasteiger partial charge in [0.05, 0.1) is 4.90 Å². The zero-order valence-corrected chi connectivity index (χ0v) is 11.2. The second-order valence-corrected chi connectivity index (χ2v) is 5.09. The monoisotopic (exact) mass is 286 g/mol. The molecule has 1 aromatic rings. The summed E-state index contributed by atoms with van der Waals surface area (Å²) in [7, 11) is -3.96. The van der Waals surface area contributed by atoms with E-state index in [2.05, 4.69) is 20.5 Å². The Balaban J connectivity index is 2.34. The number of esters is 1. The molecule has 0 unspecified atom stereocenters. The molecule has 7 heteroatoms. The number of benzene rings is 1. The Morgan fingerprint density at radius 2 is 1.84 bits per heavy atom. The van der Waals surface area contributed by atoms with E-state index in [0.29, 0.717) is 0 Å². The summed E-state index contributed by atoms with van der Waals surface area (Å²) in [5.74, 6) is -0.575. The van der Waals surface area contributed by atoms with Crippen molar-refractivity contribution in [2.24, 2.45) is 0 Å². The van der Waals surface area contributed by atoms with Gasteiger partial charge in [0.15, 0.2) is 0 Å². The lowest BCUT2D eigenvalue weighted by molar-refractivity contribution is -0.210. The minimum Gasteiger partial charge on any atom is -0.460 e. The molecule has 0 heterocycles. The van der Waals surface area contributed by atoms with Gasteiger partial charge in [0.25, 0.3) is 0 Å². The topological polar surface area (TPSA) is 78.9 Å². The van der Waals surface area contributed by atoms with Crippen LogP contribution in [0.4, 0.5) is 0 Å². The SMILES string of the molecule is C=C(C)C(=O)OCCOOS(=O)(=O)c1ccccc1. The average molecular weight is 286 g/mol. The first kappa shape index (κ1) is 15.4. The standard InChI is InChI=1S/C12H14O6S/c1-10(2)12(13)16-8-9-17-18-19(14,15)11-6-4-3-5-7-11/h3-7H,1,8-9H2,2H3. The van der Waals surface area contributed by atoms with Crippen LogP contribution in [0.5, 0.6) is 0 Å². The Hall–Kier alpha value is -1.70. The van der Waals surface area contributed by atoms with Crippen molar-refractivity contribution < 1.29 is 27.2 Å². The third-order valence-corrected chi connectivity index (χ3v) is 3.04. The zero-order chi connectivity index (χ0) is 14.3. The van der Waals surface area contributed by atoms with E-state index in [1.165, 1.54) is 19.1 Å². The molecule has 104 valence electrons. The second kappa shape index (κ2) is 7.03. The van der Waals surface area contributed by atoms with Crippen molar-refractivity contribution in [2.75, 3.05) is 13.2 Å². The molecule has 19 heavy (non-hydrogen) atoms. The van der Waals surface area contributed by atoms with Crippen molar-refractivity contribution in [3.05, 3.63) is 42.5 Å². The van der Waals surface area contributed by atoms with Crippen LogP contribution in [-0.2, 0) is 28.9 Å². The predicted octanol–water partition coefficient (Wildman–Crippen LogP) is 1.44. The fourth-order valence-electron chi connectivity index (χ4n) is 1.02. The third kappa shape index (κ3) is 5.21. The van der Waals surface area contributed by atoms with Crippen molar-refractivity contribution in [1.29, 1.82) is 0 Å². The van der Waals surface area contributed by atoms with Gasteiger partial charge in [0, 0.05) is 5.57 Å². The van der Waals surface area contributed by atoms with Gasteiger partial charge in [-0.2, -0.15) is 8.42 Å². The molecule has 0 radical (unpaired) electrons. The number of hydrogen-bond donors (Lipinski definition) is 0. The van der Waals surface area contributed by atoms with E-state index in [1.807, 2.05) is 0 Å². The lowest BCUT2D eigenvalue weighted by Crippen LogP contribution is -2.13. The molecule has 0 atom stereocenters. The molecular formula is C12H14O6S. The highest BCUT2D eigenvalue weighted by molar-refractivity contribution is 7.86. The summed E-state index contributed by atoms with van der Waals surface area (Å²) >= 11 is 0. The van der Waals surface area contributed by atoms with Crippen molar-refractivity contribution in [2.45, 2.75) is 11.8 Å². The summed E-state index contributed by atoms with van der Waals surface area (Å²) in [5, 5.41) is 0. The van der Waals surface area contributed by atoms with Crippen molar-refractivity contribution in [3.8, 4) is 0 Å². The van der Waals surface area contributed by atoms with Gasteiger partial charge in [-0.25, -0.2) is 9.68 Å². The van der Waals surface area contributed by atoms with Crippen LogP contribution in [0.1, 0.15) is 6.92 Å². The van der Waals surface area contributed by atoms with E-state index < -0.39 is 16.1 Å². The van der Waals surface area contributed by atoms with Gasteiger partial charge < -0.3 is 4.74 Å². The molecule has 0 saturated heterocycles. The Morgan fingerprint density at radius 3 is 2.42 bits per heavy atom. The minimum atomic E-state index is -3.96. The molecule has 0 aliphatic rings. The van der Waals surface area contributed by atoms with Crippen molar-refractivity contribution in [1.82, 2.24) is 0 Å². The average Bonchev–Trinajstić information content (AvgIpc) is 2.39.